The fourth-order valence-corrected chi connectivity index (χ4v) is 3.19. The average molecular weight is 278 g/mol. The van der Waals surface area contributed by atoms with Gasteiger partial charge in [0.1, 0.15) is 0 Å². The van der Waals surface area contributed by atoms with E-state index in [4.69, 9.17) is 0 Å². The standard InChI is InChI=1S/C14H16BrN/c15-12-6-7-14-11(10-12)8-9-16(14)13-4-2-1-3-5-13/h6-10,13H,1-5H2. The highest BCUT2D eigenvalue weighted by molar-refractivity contribution is 9.10. The van der Waals surface area contributed by atoms with E-state index in [2.05, 4.69) is 51.0 Å². The van der Waals surface area contributed by atoms with Gasteiger partial charge in [-0.05, 0) is 37.1 Å². The fraction of sp³-hybridized carbons (Fsp3) is 0.429. The van der Waals surface area contributed by atoms with Crippen molar-refractivity contribution in [3.63, 3.8) is 0 Å². The average Bonchev–Trinajstić information content (AvgIpc) is 2.73. The Kier molecular flexibility index (Phi) is 2.76. The summed E-state index contributed by atoms with van der Waals surface area (Å²) in [5.74, 6) is 0. The van der Waals surface area contributed by atoms with Crippen LogP contribution < -0.4 is 0 Å². The van der Waals surface area contributed by atoms with Crippen LogP contribution in [-0.2, 0) is 0 Å². The maximum atomic E-state index is 3.53. The van der Waals surface area contributed by atoms with Gasteiger partial charge in [-0.25, -0.2) is 0 Å². The minimum absolute atomic E-state index is 0.729. The van der Waals surface area contributed by atoms with Crippen LogP contribution in [0.1, 0.15) is 38.1 Å². The van der Waals surface area contributed by atoms with Crippen molar-refractivity contribution in [1.29, 1.82) is 0 Å². The van der Waals surface area contributed by atoms with E-state index < -0.39 is 0 Å². The maximum absolute atomic E-state index is 3.53. The zero-order valence-electron chi connectivity index (χ0n) is 9.32. The molecule has 0 unspecified atom stereocenters. The predicted octanol–water partition coefficient (Wildman–Crippen LogP) is 4.91. The van der Waals surface area contributed by atoms with Crippen LogP contribution in [0.2, 0.25) is 0 Å². The number of hydrogen-bond acceptors (Lipinski definition) is 0. The van der Waals surface area contributed by atoms with E-state index in [0.717, 1.165) is 6.04 Å². The van der Waals surface area contributed by atoms with Gasteiger partial charge in [-0.2, -0.15) is 0 Å². The molecule has 84 valence electrons. The summed E-state index contributed by atoms with van der Waals surface area (Å²) >= 11 is 3.53. The Balaban J connectivity index is 2.03. The minimum atomic E-state index is 0.729. The van der Waals surface area contributed by atoms with Gasteiger partial charge in [0.2, 0.25) is 0 Å². The topological polar surface area (TPSA) is 4.93 Å². The number of aromatic nitrogens is 1. The van der Waals surface area contributed by atoms with Gasteiger partial charge in [0.25, 0.3) is 0 Å². The van der Waals surface area contributed by atoms with E-state index in [9.17, 15) is 0 Å². The molecule has 1 fully saturated rings. The number of nitrogens with zero attached hydrogens (tertiary/aromatic N) is 1. The molecule has 0 radical (unpaired) electrons. The number of fused-ring (bicyclic) bond motifs is 1. The Morgan fingerprint density at radius 1 is 1.06 bits per heavy atom. The monoisotopic (exact) mass is 277 g/mol. The molecule has 0 N–H and O–H groups in total. The van der Waals surface area contributed by atoms with E-state index in [1.54, 1.807) is 0 Å². The number of rotatable bonds is 1. The van der Waals surface area contributed by atoms with Crippen molar-refractivity contribution in [2.24, 2.45) is 0 Å². The van der Waals surface area contributed by atoms with Crippen molar-refractivity contribution < 1.29 is 0 Å². The fourth-order valence-electron chi connectivity index (χ4n) is 2.81. The zero-order valence-corrected chi connectivity index (χ0v) is 10.9. The lowest BCUT2D eigenvalue weighted by Crippen LogP contribution is -2.11. The Bertz CT molecular complexity index is 494. The maximum Gasteiger partial charge on any atom is 0.0483 e. The van der Waals surface area contributed by atoms with Crippen molar-refractivity contribution >= 4 is 26.8 Å². The minimum Gasteiger partial charge on any atom is -0.344 e. The highest BCUT2D eigenvalue weighted by Gasteiger charge is 2.16. The lowest BCUT2D eigenvalue weighted by molar-refractivity contribution is 0.361. The van der Waals surface area contributed by atoms with Crippen LogP contribution in [-0.4, -0.2) is 4.57 Å². The second-order valence-corrected chi connectivity index (χ2v) is 5.63. The van der Waals surface area contributed by atoms with Crippen LogP contribution in [0.5, 0.6) is 0 Å². The van der Waals surface area contributed by atoms with Crippen molar-refractivity contribution in [3.05, 3.63) is 34.9 Å². The Morgan fingerprint density at radius 3 is 2.69 bits per heavy atom. The quantitative estimate of drug-likeness (QED) is 0.698. The second-order valence-electron chi connectivity index (χ2n) is 4.72. The molecule has 0 amide bonds. The molecular formula is C14H16BrN. The first-order chi connectivity index (χ1) is 7.84. The SMILES string of the molecule is Brc1ccc2c(ccn2C2CCCCC2)c1. The second kappa shape index (κ2) is 4.25. The largest absolute Gasteiger partial charge is 0.344 e. The molecule has 0 bridgehead atoms. The molecule has 1 saturated carbocycles. The molecule has 0 aliphatic heterocycles. The first-order valence-electron chi connectivity index (χ1n) is 6.11. The molecule has 1 aromatic heterocycles. The van der Waals surface area contributed by atoms with Crippen molar-refractivity contribution in [2.45, 2.75) is 38.1 Å². The molecular weight excluding hydrogens is 262 g/mol. The van der Waals surface area contributed by atoms with Crippen molar-refractivity contribution in [1.82, 2.24) is 4.57 Å². The molecule has 1 aliphatic rings. The molecule has 2 heteroatoms. The molecule has 0 saturated heterocycles. The summed E-state index contributed by atoms with van der Waals surface area (Å²) in [6.07, 6.45) is 9.15. The van der Waals surface area contributed by atoms with Crippen LogP contribution >= 0.6 is 15.9 Å². The normalized spacial score (nSPS) is 18.1. The van der Waals surface area contributed by atoms with Gasteiger partial charge in [0.15, 0.2) is 0 Å². The molecule has 1 nitrogen and oxygen atoms in total. The molecule has 0 spiro atoms. The first kappa shape index (κ1) is 10.4. The third-order valence-corrected chi connectivity index (χ3v) is 4.14. The van der Waals surface area contributed by atoms with Crippen LogP contribution in [0.15, 0.2) is 34.9 Å². The van der Waals surface area contributed by atoms with E-state index in [1.165, 1.54) is 47.5 Å². The predicted molar refractivity (Wildman–Crippen MR) is 71.8 cm³/mol. The summed E-state index contributed by atoms with van der Waals surface area (Å²) in [7, 11) is 0. The molecule has 0 atom stereocenters. The Hall–Kier alpha value is -0.760. The molecule has 3 rings (SSSR count). The summed E-state index contributed by atoms with van der Waals surface area (Å²) in [5, 5.41) is 1.35. The zero-order chi connectivity index (χ0) is 11.0. The van der Waals surface area contributed by atoms with Gasteiger partial charge in [-0.1, -0.05) is 35.2 Å². The van der Waals surface area contributed by atoms with Crippen LogP contribution in [0, 0.1) is 0 Å². The number of benzene rings is 1. The number of halogens is 1. The molecule has 1 heterocycles. The highest BCUT2D eigenvalue weighted by atomic mass is 79.9. The van der Waals surface area contributed by atoms with Crippen molar-refractivity contribution in [3.8, 4) is 0 Å². The third kappa shape index (κ3) is 1.80. The summed E-state index contributed by atoms with van der Waals surface area (Å²) in [5.41, 5.74) is 1.38. The lowest BCUT2D eigenvalue weighted by atomic mass is 9.95. The highest BCUT2D eigenvalue weighted by Crippen LogP contribution is 2.32. The Labute approximate surface area is 105 Å². The van der Waals surface area contributed by atoms with Crippen LogP contribution in [0.3, 0.4) is 0 Å². The molecule has 2 aromatic rings. The van der Waals surface area contributed by atoms with Crippen molar-refractivity contribution in [2.75, 3.05) is 0 Å². The lowest BCUT2D eigenvalue weighted by Gasteiger charge is -2.24. The third-order valence-electron chi connectivity index (χ3n) is 3.65. The number of hydrogen-bond donors (Lipinski definition) is 0. The van der Waals surface area contributed by atoms with Gasteiger partial charge < -0.3 is 4.57 Å². The summed E-state index contributed by atoms with van der Waals surface area (Å²) in [6, 6.07) is 9.53. The molecule has 16 heavy (non-hydrogen) atoms. The summed E-state index contributed by atoms with van der Waals surface area (Å²) in [4.78, 5) is 0. The van der Waals surface area contributed by atoms with Gasteiger partial charge in [0, 0.05) is 27.6 Å². The van der Waals surface area contributed by atoms with E-state index in [0.29, 0.717) is 0 Å². The van der Waals surface area contributed by atoms with Crippen LogP contribution in [0.4, 0.5) is 0 Å². The van der Waals surface area contributed by atoms with Gasteiger partial charge in [-0.15, -0.1) is 0 Å². The molecule has 1 aromatic carbocycles. The first-order valence-corrected chi connectivity index (χ1v) is 6.90. The molecule has 1 aliphatic carbocycles. The summed E-state index contributed by atoms with van der Waals surface area (Å²) < 4.78 is 3.64. The van der Waals surface area contributed by atoms with Crippen LogP contribution in [0.25, 0.3) is 10.9 Å². The van der Waals surface area contributed by atoms with E-state index in [-0.39, 0.29) is 0 Å². The van der Waals surface area contributed by atoms with Gasteiger partial charge in [0.05, 0.1) is 0 Å². The van der Waals surface area contributed by atoms with E-state index >= 15 is 0 Å². The summed E-state index contributed by atoms with van der Waals surface area (Å²) in [6.45, 7) is 0. The Morgan fingerprint density at radius 2 is 1.88 bits per heavy atom. The van der Waals surface area contributed by atoms with E-state index in [1.807, 2.05) is 0 Å². The smallest absolute Gasteiger partial charge is 0.0483 e. The van der Waals surface area contributed by atoms with Gasteiger partial charge >= 0.3 is 0 Å². The van der Waals surface area contributed by atoms with Gasteiger partial charge in [-0.3, -0.25) is 0 Å².